The topological polar surface area (TPSA) is 116 Å². The van der Waals surface area contributed by atoms with Crippen LogP contribution in [0.2, 0.25) is 0 Å². The summed E-state index contributed by atoms with van der Waals surface area (Å²) in [6.45, 7) is 1.34. The predicted octanol–water partition coefficient (Wildman–Crippen LogP) is 2.52. The Labute approximate surface area is 151 Å². The van der Waals surface area contributed by atoms with Crippen molar-refractivity contribution in [1.82, 2.24) is 0 Å². The second kappa shape index (κ2) is 8.34. The standard InChI is InChI=1S/C17H16N2O6S/c1-11(16(20)18-13-8-4-5-9-14(13)19(22)23)25-17(21)12-7-3-6-10-15(12)26(2)24/h3-11H,1-2H3,(H,18,20)/t11-,26-/m0/s1. The molecule has 0 aliphatic heterocycles. The Morgan fingerprint density at radius 3 is 2.42 bits per heavy atom. The van der Waals surface area contributed by atoms with Crippen LogP contribution in [-0.2, 0) is 20.3 Å². The van der Waals surface area contributed by atoms with Gasteiger partial charge in [-0.25, -0.2) is 4.79 Å². The van der Waals surface area contributed by atoms with Crippen LogP contribution >= 0.6 is 0 Å². The fourth-order valence-corrected chi connectivity index (χ4v) is 2.87. The number of rotatable bonds is 6. The molecule has 0 aliphatic rings. The minimum Gasteiger partial charge on any atom is -0.449 e. The molecule has 0 spiro atoms. The van der Waals surface area contributed by atoms with Crippen LogP contribution in [0.15, 0.2) is 53.4 Å². The molecule has 0 saturated heterocycles. The molecule has 8 nitrogen and oxygen atoms in total. The van der Waals surface area contributed by atoms with Crippen molar-refractivity contribution in [2.45, 2.75) is 17.9 Å². The quantitative estimate of drug-likeness (QED) is 0.470. The summed E-state index contributed by atoms with van der Waals surface area (Å²) in [5, 5.41) is 13.3. The third-order valence-electron chi connectivity index (χ3n) is 3.43. The van der Waals surface area contributed by atoms with E-state index in [-0.39, 0.29) is 16.9 Å². The maximum Gasteiger partial charge on any atom is 0.340 e. The van der Waals surface area contributed by atoms with E-state index in [1.807, 2.05) is 0 Å². The van der Waals surface area contributed by atoms with Gasteiger partial charge < -0.3 is 10.1 Å². The lowest BCUT2D eigenvalue weighted by Gasteiger charge is -2.14. The highest BCUT2D eigenvalue weighted by molar-refractivity contribution is 7.84. The molecule has 136 valence electrons. The van der Waals surface area contributed by atoms with Gasteiger partial charge in [0, 0.05) is 12.3 Å². The van der Waals surface area contributed by atoms with Crippen molar-refractivity contribution in [2.24, 2.45) is 0 Å². The van der Waals surface area contributed by atoms with Gasteiger partial charge in [-0.3, -0.25) is 19.1 Å². The smallest absolute Gasteiger partial charge is 0.340 e. The van der Waals surface area contributed by atoms with Crippen LogP contribution < -0.4 is 5.32 Å². The van der Waals surface area contributed by atoms with Gasteiger partial charge in [-0.2, -0.15) is 0 Å². The molecular formula is C17H16N2O6S. The molecule has 0 fully saturated rings. The minimum absolute atomic E-state index is 0.000427. The average molecular weight is 376 g/mol. The molecule has 2 aromatic carbocycles. The molecule has 2 aromatic rings. The molecule has 0 heterocycles. The normalized spacial score (nSPS) is 12.7. The number of hydrogen-bond acceptors (Lipinski definition) is 6. The average Bonchev–Trinajstić information content (AvgIpc) is 2.61. The van der Waals surface area contributed by atoms with Gasteiger partial charge in [0.2, 0.25) is 0 Å². The van der Waals surface area contributed by atoms with Gasteiger partial charge in [0.25, 0.3) is 11.6 Å². The van der Waals surface area contributed by atoms with E-state index in [2.05, 4.69) is 5.32 Å². The van der Waals surface area contributed by atoms with Crippen molar-refractivity contribution in [2.75, 3.05) is 11.6 Å². The predicted molar refractivity (Wildman–Crippen MR) is 95.4 cm³/mol. The number of nitro groups is 1. The fourth-order valence-electron chi connectivity index (χ4n) is 2.14. The maximum absolute atomic E-state index is 12.3. The van der Waals surface area contributed by atoms with Crippen LogP contribution in [0, 0.1) is 10.1 Å². The highest BCUT2D eigenvalue weighted by Crippen LogP contribution is 2.23. The summed E-state index contributed by atoms with van der Waals surface area (Å²) >= 11 is 0. The zero-order valence-electron chi connectivity index (χ0n) is 14.0. The van der Waals surface area contributed by atoms with E-state index in [0.717, 1.165) is 0 Å². The Morgan fingerprint density at radius 1 is 1.15 bits per heavy atom. The Balaban J connectivity index is 2.12. The van der Waals surface area contributed by atoms with Crippen molar-refractivity contribution in [1.29, 1.82) is 0 Å². The zero-order valence-corrected chi connectivity index (χ0v) is 14.8. The van der Waals surface area contributed by atoms with E-state index >= 15 is 0 Å². The molecule has 26 heavy (non-hydrogen) atoms. The molecular weight excluding hydrogens is 360 g/mol. The third-order valence-corrected chi connectivity index (χ3v) is 4.40. The number of esters is 1. The summed E-state index contributed by atoms with van der Waals surface area (Å²) in [6, 6.07) is 11.8. The number of amides is 1. The van der Waals surface area contributed by atoms with Crippen molar-refractivity contribution >= 4 is 34.1 Å². The van der Waals surface area contributed by atoms with Gasteiger partial charge in [0.1, 0.15) is 5.69 Å². The Morgan fingerprint density at radius 2 is 1.77 bits per heavy atom. The summed E-state index contributed by atoms with van der Waals surface area (Å²) < 4.78 is 16.8. The second-order valence-electron chi connectivity index (χ2n) is 5.26. The van der Waals surface area contributed by atoms with Gasteiger partial charge in [-0.1, -0.05) is 24.3 Å². The van der Waals surface area contributed by atoms with Crippen LogP contribution in [0.5, 0.6) is 0 Å². The highest BCUT2D eigenvalue weighted by atomic mass is 32.2. The molecule has 0 radical (unpaired) electrons. The zero-order chi connectivity index (χ0) is 19.3. The summed E-state index contributed by atoms with van der Waals surface area (Å²) in [4.78, 5) is 35.1. The molecule has 9 heteroatoms. The first kappa shape index (κ1) is 19.3. The number of ether oxygens (including phenoxy) is 1. The maximum atomic E-state index is 12.3. The molecule has 1 amide bonds. The number of carbonyl (C=O) groups excluding carboxylic acids is 2. The number of hydrogen-bond donors (Lipinski definition) is 1. The molecule has 1 N–H and O–H groups in total. The van der Waals surface area contributed by atoms with Gasteiger partial charge >= 0.3 is 5.97 Å². The van der Waals surface area contributed by atoms with Crippen molar-refractivity contribution in [3.8, 4) is 0 Å². The monoisotopic (exact) mass is 376 g/mol. The number of benzene rings is 2. The lowest BCUT2D eigenvalue weighted by Crippen LogP contribution is -2.30. The Kier molecular flexibility index (Phi) is 6.18. The van der Waals surface area contributed by atoms with Crippen molar-refractivity contribution in [3.63, 3.8) is 0 Å². The van der Waals surface area contributed by atoms with Crippen molar-refractivity contribution in [3.05, 3.63) is 64.2 Å². The van der Waals surface area contributed by atoms with E-state index in [1.54, 1.807) is 12.1 Å². The van der Waals surface area contributed by atoms with Crippen LogP contribution in [0.3, 0.4) is 0 Å². The molecule has 0 aliphatic carbocycles. The summed E-state index contributed by atoms with van der Waals surface area (Å²) in [6.07, 6.45) is 0.220. The SMILES string of the molecule is C[C@H](OC(=O)c1ccccc1[S@](C)=O)C(=O)Nc1ccccc1[N+](=O)[O-]. The number of nitrogens with one attached hydrogen (secondary N) is 1. The van der Waals surface area contributed by atoms with Gasteiger partial charge in [-0.05, 0) is 25.1 Å². The third kappa shape index (κ3) is 4.51. The molecule has 0 saturated carbocycles. The van der Waals surface area contributed by atoms with Gasteiger partial charge in [0.05, 0.1) is 26.2 Å². The Hall–Kier alpha value is -3.07. The second-order valence-corrected chi connectivity index (χ2v) is 6.61. The molecule has 0 bridgehead atoms. The number of anilines is 1. The van der Waals surface area contributed by atoms with E-state index in [4.69, 9.17) is 4.74 Å². The number of nitrogens with zero attached hydrogens (tertiary/aromatic N) is 1. The lowest BCUT2D eigenvalue weighted by atomic mass is 10.2. The number of carbonyl (C=O) groups is 2. The lowest BCUT2D eigenvalue weighted by molar-refractivity contribution is -0.383. The molecule has 0 unspecified atom stereocenters. The van der Waals surface area contributed by atoms with Crippen LogP contribution in [0.1, 0.15) is 17.3 Å². The summed E-state index contributed by atoms with van der Waals surface area (Å²) in [7, 11) is -1.40. The van der Waals surface area contributed by atoms with E-state index < -0.39 is 33.7 Å². The van der Waals surface area contributed by atoms with Gasteiger partial charge in [-0.15, -0.1) is 0 Å². The number of para-hydroxylation sites is 2. The largest absolute Gasteiger partial charge is 0.449 e. The van der Waals surface area contributed by atoms with E-state index in [0.29, 0.717) is 4.90 Å². The molecule has 0 aromatic heterocycles. The summed E-state index contributed by atoms with van der Waals surface area (Å²) in [5.41, 5.74) is -0.176. The molecule has 2 rings (SSSR count). The number of nitro benzene ring substituents is 1. The first-order chi connectivity index (χ1) is 12.3. The van der Waals surface area contributed by atoms with Crippen LogP contribution in [0.4, 0.5) is 11.4 Å². The van der Waals surface area contributed by atoms with Crippen LogP contribution in [-0.4, -0.2) is 33.4 Å². The first-order valence-corrected chi connectivity index (χ1v) is 9.04. The highest BCUT2D eigenvalue weighted by Gasteiger charge is 2.23. The minimum atomic E-state index is -1.40. The Bertz CT molecular complexity index is 883. The van der Waals surface area contributed by atoms with E-state index in [9.17, 15) is 23.9 Å². The van der Waals surface area contributed by atoms with E-state index in [1.165, 1.54) is 49.6 Å². The van der Waals surface area contributed by atoms with Crippen LogP contribution in [0.25, 0.3) is 0 Å². The fraction of sp³-hybridized carbons (Fsp3) is 0.176. The summed E-state index contributed by atoms with van der Waals surface area (Å²) in [5.74, 6) is -1.52. The van der Waals surface area contributed by atoms with Gasteiger partial charge in [0.15, 0.2) is 6.10 Å². The first-order valence-electron chi connectivity index (χ1n) is 7.49. The van der Waals surface area contributed by atoms with Crippen molar-refractivity contribution < 1.29 is 23.5 Å². The molecule has 2 atom stereocenters.